The van der Waals surface area contributed by atoms with Crippen molar-refractivity contribution in [3.05, 3.63) is 94.5 Å². The maximum atomic E-state index is 13.4. The summed E-state index contributed by atoms with van der Waals surface area (Å²) in [6.07, 6.45) is 1.65. The summed E-state index contributed by atoms with van der Waals surface area (Å²) in [5, 5.41) is 0. The second-order valence-electron chi connectivity index (χ2n) is 6.95. The highest BCUT2D eigenvalue weighted by molar-refractivity contribution is 6.15. The van der Waals surface area contributed by atoms with Crippen molar-refractivity contribution >= 4 is 17.8 Å². The Labute approximate surface area is 178 Å². The van der Waals surface area contributed by atoms with E-state index in [2.05, 4.69) is 0 Å². The van der Waals surface area contributed by atoms with E-state index in [0.717, 1.165) is 17.4 Å². The fraction of sp³-hybridized carbons (Fsp3) is 0.120. The lowest BCUT2D eigenvalue weighted by molar-refractivity contribution is 0.0734. The first-order chi connectivity index (χ1) is 14.9. The molecule has 0 spiro atoms. The molecule has 0 radical (unpaired) electrons. The van der Waals surface area contributed by atoms with Crippen LogP contribution in [0.1, 0.15) is 38.8 Å². The lowest BCUT2D eigenvalue weighted by atomic mass is 10.0. The van der Waals surface area contributed by atoms with E-state index in [9.17, 15) is 14.0 Å². The van der Waals surface area contributed by atoms with Crippen molar-refractivity contribution in [1.82, 2.24) is 0 Å². The van der Waals surface area contributed by atoms with Crippen LogP contribution in [0.25, 0.3) is 6.08 Å². The number of aryl methyl sites for hydroxylation is 1. The van der Waals surface area contributed by atoms with Gasteiger partial charge in [-0.25, -0.2) is 9.18 Å². The lowest BCUT2D eigenvalue weighted by Crippen LogP contribution is -2.09. The molecule has 3 aromatic rings. The predicted octanol–water partition coefficient (Wildman–Crippen LogP) is 5.37. The van der Waals surface area contributed by atoms with Gasteiger partial charge in [0.25, 0.3) is 0 Å². The maximum absolute atomic E-state index is 13.4. The number of ketones is 1. The Balaban J connectivity index is 1.56. The second kappa shape index (κ2) is 8.44. The largest absolute Gasteiger partial charge is 0.494 e. The molecule has 0 saturated carbocycles. The Hall–Kier alpha value is -3.93. The summed E-state index contributed by atoms with van der Waals surface area (Å²) in [5.74, 6) is -0.0387. The second-order valence-corrected chi connectivity index (χ2v) is 6.95. The maximum Gasteiger partial charge on any atom is 0.343 e. The minimum Gasteiger partial charge on any atom is -0.494 e. The zero-order chi connectivity index (χ0) is 22.0. The molecule has 0 aliphatic carbocycles. The highest BCUT2D eigenvalue weighted by Gasteiger charge is 2.30. The minimum atomic E-state index is -0.701. The average Bonchev–Trinajstić information content (AvgIpc) is 3.05. The molecule has 1 aliphatic rings. The van der Waals surface area contributed by atoms with E-state index in [1.807, 2.05) is 31.2 Å². The molecular formula is C25H19FO5. The number of hydrogen-bond acceptors (Lipinski definition) is 5. The van der Waals surface area contributed by atoms with Crippen molar-refractivity contribution in [3.63, 3.8) is 0 Å². The molecule has 5 nitrogen and oxygen atoms in total. The summed E-state index contributed by atoms with van der Waals surface area (Å²) in [6, 6.07) is 15.6. The standard InChI is InChI=1S/C25H19FO5/c1-3-29-19-9-7-16(8-10-19)12-22-24(27)23-15(2)11-20(14-21(23)31-22)30-25(28)17-5-4-6-18(26)13-17/h4-14H,3H2,1-2H3/b22-12-. The van der Waals surface area contributed by atoms with E-state index in [4.69, 9.17) is 14.2 Å². The van der Waals surface area contributed by atoms with E-state index in [-0.39, 0.29) is 22.9 Å². The van der Waals surface area contributed by atoms with E-state index in [0.29, 0.717) is 23.5 Å². The van der Waals surface area contributed by atoms with Crippen LogP contribution in [0.15, 0.2) is 66.4 Å². The molecule has 4 rings (SSSR count). The van der Waals surface area contributed by atoms with Gasteiger partial charge in [0.1, 0.15) is 23.1 Å². The van der Waals surface area contributed by atoms with Gasteiger partial charge in [0.2, 0.25) is 5.78 Å². The predicted molar refractivity (Wildman–Crippen MR) is 113 cm³/mol. The SMILES string of the molecule is CCOc1ccc(/C=C2\Oc3cc(OC(=O)c4cccc(F)c4)cc(C)c3C2=O)cc1. The van der Waals surface area contributed by atoms with E-state index in [1.165, 1.54) is 24.3 Å². The molecule has 0 bridgehead atoms. The number of fused-ring (bicyclic) bond motifs is 1. The molecule has 6 heteroatoms. The molecule has 0 aromatic heterocycles. The highest BCUT2D eigenvalue weighted by atomic mass is 19.1. The van der Waals surface area contributed by atoms with E-state index in [1.54, 1.807) is 19.1 Å². The van der Waals surface area contributed by atoms with Crippen LogP contribution in [0.4, 0.5) is 4.39 Å². The van der Waals surface area contributed by atoms with Crippen LogP contribution in [0.2, 0.25) is 0 Å². The summed E-state index contributed by atoms with van der Waals surface area (Å²) in [6.45, 7) is 4.21. The third-order valence-corrected chi connectivity index (χ3v) is 4.70. The van der Waals surface area contributed by atoms with Crippen LogP contribution in [0.5, 0.6) is 17.2 Å². The molecule has 1 heterocycles. The molecular weight excluding hydrogens is 399 g/mol. The van der Waals surface area contributed by atoms with Gasteiger partial charge in [-0.2, -0.15) is 0 Å². The van der Waals surface area contributed by atoms with Gasteiger partial charge in [0.15, 0.2) is 5.76 Å². The Morgan fingerprint density at radius 3 is 2.55 bits per heavy atom. The zero-order valence-electron chi connectivity index (χ0n) is 17.0. The topological polar surface area (TPSA) is 61.8 Å². The number of ether oxygens (including phenoxy) is 3. The summed E-state index contributed by atoms with van der Waals surface area (Å²) >= 11 is 0. The molecule has 0 atom stereocenters. The Kier molecular flexibility index (Phi) is 5.54. The van der Waals surface area contributed by atoms with Crippen LogP contribution < -0.4 is 14.2 Å². The Morgan fingerprint density at radius 1 is 1.06 bits per heavy atom. The molecule has 0 saturated heterocycles. The van der Waals surface area contributed by atoms with Crippen LogP contribution in [-0.4, -0.2) is 18.4 Å². The third kappa shape index (κ3) is 4.33. The van der Waals surface area contributed by atoms with Gasteiger partial charge in [-0.15, -0.1) is 0 Å². The monoisotopic (exact) mass is 418 g/mol. The van der Waals surface area contributed by atoms with Crippen LogP contribution in [0.3, 0.4) is 0 Å². The number of benzene rings is 3. The van der Waals surface area contributed by atoms with Gasteiger partial charge < -0.3 is 14.2 Å². The quantitative estimate of drug-likeness (QED) is 0.317. The fourth-order valence-corrected chi connectivity index (χ4v) is 3.30. The molecule has 0 amide bonds. The molecule has 1 aliphatic heterocycles. The summed E-state index contributed by atoms with van der Waals surface area (Å²) in [5.41, 5.74) is 1.91. The number of rotatable bonds is 5. The van der Waals surface area contributed by atoms with Crippen LogP contribution in [-0.2, 0) is 0 Å². The van der Waals surface area contributed by atoms with E-state index < -0.39 is 11.8 Å². The van der Waals surface area contributed by atoms with Crippen molar-refractivity contribution in [2.45, 2.75) is 13.8 Å². The third-order valence-electron chi connectivity index (χ3n) is 4.70. The number of Topliss-reactive ketones (excluding diaryl/α,β-unsaturated/α-hetero) is 1. The fourth-order valence-electron chi connectivity index (χ4n) is 3.30. The van der Waals surface area contributed by atoms with Crippen LogP contribution >= 0.6 is 0 Å². The number of allylic oxidation sites excluding steroid dienone is 1. The van der Waals surface area contributed by atoms with Gasteiger partial charge in [0.05, 0.1) is 17.7 Å². The summed E-state index contributed by atoms with van der Waals surface area (Å²) in [4.78, 5) is 25.1. The van der Waals surface area contributed by atoms with Crippen molar-refractivity contribution in [3.8, 4) is 17.2 Å². The number of halogens is 1. The minimum absolute atomic E-state index is 0.0891. The van der Waals surface area contributed by atoms with Crippen molar-refractivity contribution < 1.29 is 28.2 Å². The normalized spacial score (nSPS) is 13.6. The van der Waals surface area contributed by atoms with Gasteiger partial charge in [-0.05, 0) is 67.4 Å². The van der Waals surface area contributed by atoms with Gasteiger partial charge in [0, 0.05) is 6.07 Å². The molecule has 0 fully saturated rings. The van der Waals surface area contributed by atoms with Gasteiger partial charge >= 0.3 is 5.97 Å². The highest BCUT2D eigenvalue weighted by Crippen LogP contribution is 2.37. The van der Waals surface area contributed by atoms with Crippen LogP contribution in [0, 0.1) is 12.7 Å². The zero-order valence-corrected chi connectivity index (χ0v) is 17.0. The Bertz CT molecular complexity index is 1200. The van der Waals surface area contributed by atoms with Crippen molar-refractivity contribution in [1.29, 1.82) is 0 Å². The molecule has 31 heavy (non-hydrogen) atoms. The van der Waals surface area contributed by atoms with Gasteiger partial charge in [-0.1, -0.05) is 18.2 Å². The first-order valence-electron chi connectivity index (χ1n) is 9.74. The number of carbonyl (C=O) groups is 2. The Morgan fingerprint density at radius 2 is 1.84 bits per heavy atom. The smallest absolute Gasteiger partial charge is 0.343 e. The number of esters is 1. The summed E-state index contributed by atoms with van der Waals surface area (Å²) in [7, 11) is 0. The molecule has 0 N–H and O–H groups in total. The molecule has 0 unspecified atom stereocenters. The van der Waals surface area contributed by atoms with Crippen molar-refractivity contribution in [2.24, 2.45) is 0 Å². The van der Waals surface area contributed by atoms with E-state index >= 15 is 0 Å². The first-order valence-corrected chi connectivity index (χ1v) is 9.74. The number of hydrogen-bond donors (Lipinski definition) is 0. The molecule has 3 aromatic carbocycles. The van der Waals surface area contributed by atoms with Gasteiger partial charge in [-0.3, -0.25) is 4.79 Å². The first kappa shape index (κ1) is 20.3. The number of carbonyl (C=O) groups excluding carboxylic acids is 2. The lowest BCUT2D eigenvalue weighted by Gasteiger charge is -2.08. The molecule has 156 valence electrons. The van der Waals surface area contributed by atoms with Crippen molar-refractivity contribution in [2.75, 3.05) is 6.61 Å². The average molecular weight is 418 g/mol. The summed E-state index contributed by atoms with van der Waals surface area (Å²) < 4.78 is 29.9.